The van der Waals surface area contributed by atoms with Crippen molar-refractivity contribution >= 4 is 46.8 Å². The highest BCUT2D eigenvalue weighted by atomic mass is 35.5. The minimum atomic E-state index is -0.0185. The van der Waals surface area contributed by atoms with E-state index in [4.69, 9.17) is 49.0 Å². The molecular formula is C41H38Cl3N3O4. The van der Waals surface area contributed by atoms with Crippen molar-refractivity contribution in [1.82, 2.24) is 14.8 Å². The Hall–Kier alpha value is -4.53. The van der Waals surface area contributed by atoms with Crippen molar-refractivity contribution in [2.45, 2.75) is 26.5 Å². The van der Waals surface area contributed by atoms with Gasteiger partial charge in [-0.25, -0.2) is 4.98 Å². The van der Waals surface area contributed by atoms with Crippen LogP contribution in [0.5, 0.6) is 23.1 Å². The van der Waals surface area contributed by atoms with Crippen molar-refractivity contribution in [3.63, 3.8) is 0 Å². The van der Waals surface area contributed by atoms with Crippen molar-refractivity contribution in [3.05, 3.63) is 152 Å². The Morgan fingerprint density at radius 2 is 1.53 bits per heavy atom. The van der Waals surface area contributed by atoms with E-state index in [1.165, 1.54) is 11.1 Å². The molecule has 0 unspecified atom stereocenters. The van der Waals surface area contributed by atoms with Gasteiger partial charge in [0, 0.05) is 66.9 Å². The lowest BCUT2D eigenvalue weighted by molar-refractivity contribution is -0.127. The van der Waals surface area contributed by atoms with Gasteiger partial charge >= 0.3 is 0 Å². The summed E-state index contributed by atoms with van der Waals surface area (Å²) in [5.74, 6) is 2.28. The van der Waals surface area contributed by atoms with Crippen molar-refractivity contribution in [1.29, 1.82) is 0 Å². The zero-order valence-corrected chi connectivity index (χ0v) is 30.5. The third kappa shape index (κ3) is 10.5. The first kappa shape index (κ1) is 36.3. The third-order valence-corrected chi connectivity index (χ3v) is 9.43. The van der Waals surface area contributed by atoms with Crippen LogP contribution in [0.4, 0.5) is 0 Å². The summed E-state index contributed by atoms with van der Waals surface area (Å²) in [6.07, 6.45) is 5.83. The Kier molecular flexibility index (Phi) is 12.5. The smallest absolute Gasteiger partial charge is 0.246 e. The lowest BCUT2D eigenvalue weighted by Gasteiger charge is -2.34. The molecule has 262 valence electrons. The summed E-state index contributed by atoms with van der Waals surface area (Å²) in [5, 5.41) is 1.78. The molecule has 1 aliphatic rings. The van der Waals surface area contributed by atoms with Crippen molar-refractivity contribution in [3.8, 4) is 23.1 Å². The standard InChI is InChI=1S/C41H38Cl3N3O4/c1-29-24-32(25-38(44)41(29)51-39-16-15-36(26-45-39)50-28-33-4-2-3-5-37(33)43)10-17-40(48)47-21-19-46(20-22-47)27-31-8-6-30(7-9-31)18-23-49-35-13-11-34(42)12-14-35/h2-17,24-26H,18-23,27-28H2,1H3/b17-10+. The van der Waals surface area contributed by atoms with E-state index < -0.39 is 0 Å². The lowest BCUT2D eigenvalue weighted by atomic mass is 10.1. The number of nitrogens with zero attached hydrogens (tertiary/aromatic N) is 3. The fourth-order valence-electron chi connectivity index (χ4n) is 5.66. The lowest BCUT2D eigenvalue weighted by Crippen LogP contribution is -2.47. The van der Waals surface area contributed by atoms with Crippen LogP contribution in [-0.4, -0.2) is 53.5 Å². The molecule has 0 saturated carbocycles. The van der Waals surface area contributed by atoms with Crippen LogP contribution >= 0.6 is 34.8 Å². The molecule has 0 atom stereocenters. The van der Waals surface area contributed by atoms with E-state index in [1.54, 1.807) is 36.5 Å². The van der Waals surface area contributed by atoms with Gasteiger partial charge in [0.25, 0.3) is 0 Å². The minimum absolute atomic E-state index is 0.0185. The number of benzene rings is 4. The molecule has 1 amide bonds. The summed E-state index contributed by atoms with van der Waals surface area (Å²) in [6.45, 7) is 6.67. The van der Waals surface area contributed by atoms with Crippen LogP contribution in [0.2, 0.25) is 15.1 Å². The first-order valence-electron chi connectivity index (χ1n) is 16.7. The van der Waals surface area contributed by atoms with Crippen LogP contribution in [0.3, 0.4) is 0 Å². The largest absolute Gasteiger partial charge is 0.493 e. The summed E-state index contributed by atoms with van der Waals surface area (Å²) < 4.78 is 17.6. The molecular weight excluding hydrogens is 705 g/mol. The highest BCUT2D eigenvalue weighted by molar-refractivity contribution is 6.32. The van der Waals surface area contributed by atoms with Gasteiger partial charge in [-0.05, 0) is 83.8 Å². The van der Waals surface area contributed by atoms with Gasteiger partial charge in [-0.2, -0.15) is 0 Å². The van der Waals surface area contributed by atoms with Crippen LogP contribution < -0.4 is 14.2 Å². The number of rotatable bonds is 13. The molecule has 1 aliphatic heterocycles. The number of halogens is 3. The van der Waals surface area contributed by atoms with Gasteiger partial charge < -0.3 is 19.1 Å². The van der Waals surface area contributed by atoms with Gasteiger partial charge in [-0.15, -0.1) is 0 Å². The first-order chi connectivity index (χ1) is 24.8. The van der Waals surface area contributed by atoms with Gasteiger partial charge in [-0.3, -0.25) is 9.69 Å². The molecule has 1 saturated heterocycles. The monoisotopic (exact) mass is 741 g/mol. The molecule has 6 rings (SSSR count). The Morgan fingerprint density at radius 3 is 2.24 bits per heavy atom. The molecule has 1 aromatic heterocycles. The van der Waals surface area contributed by atoms with Crippen LogP contribution in [-0.2, 0) is 24.4 Å². The van der Waals surface area contributed by atoms with Crippen molar-refractivity contribution in [2.24, 2.45) is 0 Å². The number of amides is 1. The first-order valence-corrected chi connectivity index (χ1v) is 17.9. The van der Waals surface area contributed by atoms with E-state index in [0.29, 0.717) is 58.8 Å². The quantitative estimate of drug-likeness (QED) is 0.112. The second kappa shape index (κ2) is 17.6. The number of pyridine rings is 1. The van der Waals surface area contributed by atoms with E-state index in [0.717, 1.165) is 48.5 Å². The molecule has 0 N–H and O–H groups in total. The Morgan fingerprint density at radius 1 is 0.804 bits per heavy atom. The van der Waals surface area contributed by atoms with Crippen LogP contribution in [0.15, 0.2) is 109 Å². The van der Waals surface area contributed by atoms with Crippen LogP contribution in [0, 0.1) is 6.92 Å². The molecule has 4 aromatic carbocycles. The van der Waals surface area contributed by atoms with Gasteiger partial charge in [0.2, 0.25) is 11.8 Å². The molecule has 0 bridgehead atoms. The SMILES string of the molecule is Cc1cc(/C=C/C(=O)N2CCN(Cc3ccc(CCOc4ccc(Cl)cc4)cc3)CC2)cc(Cl)c1Oc1ccc(OCc2ccccc2Cl)cn1. The second-order valence-corrected chi connectivity index (χ2v) is 13.5. The molecule has 0 radical (unpaired) electrons. The predicted molar refractivity (Wildman–Crippen MR) is 204 cm³/mol. The summed E-state index contributed by atoms with van der Waals surface area (Å²) in [5.41, 5.74) is 5.01. The van der Waals surface area contributed by atoms with Crippen LogP contribution in [0.1, 0.15) is 27.8 Å². The Bertz CT molecular complexity index is 1920. The van der Waals surface area contributed by atoms with E-state index in [-0.39, 0.29) is 5.91 Å². The fourth-order valence-corrected chi connectivity index (χ4v) is 6.29. The van der Waals surface area contributed by atoms with Crippen molar-refractivity contribution in [2.75, 3.05) is 32.8 Å². The zero-order valence-electron chi connectivity index (χ0n) is 28.2. The number of ether oxygens (including phenoxy) is 3. The summed E-state index contributed by atoms with van der Waals surface area (Å²) in [4.78, 5) is 21.7. The predicted octanol–water partition coefficient (Wildman–Crippen LogP) is 9.70. The number of carbonyl (C=O) groups is 1. The maximum atomic E-state index is 13.0. The number of piperazine rings is 1. The summed E-state index contributed by atoms with van der Waals surface area (Å²) >= 11 is 18.8. The topological polar surface area (TPSA) is 64.1 Å². The highest BCUT2D eigenvalue weighted by Crippen LogP contribution is 2.34. The maximum Gasteiger partial charge on any atom is 0.246 e. The van der Waals surface area contributed by atoms with Crippen molar-refractivity contribution < 1.29 is 19.0 Å². The minimum Gasteiger partial charge on any atom is -0.493 e. The number of aryl methyl sites for hydroxylation is 1. The Labute approximate surface area is 313 Å². The van der Waals surface area contributed by atoms with E-state index in [1.807, 2.05) is 66.4 Å². The molecule has 5 aromatic rings. The maximum absolute atomic E-state index is 13.0. The molecule has 7 nitrogen and oxygen atoms in total. The average molecular weight is 743 g/mol. The van der Waals surface area contributed by atoms with E-state index in [9.17, 15) is 4.79 Å². The number of aromatic nitrogens is 1. The normalized spacial score (nSPS) is 13.4. The molecule has 51 heavy (non-hydrogen) atoms. The van der Waals surface area contributed by atoms with E-state index in [2.05, 4.69) is 34.1 Å². The van der Waals surface area contributed by atoms with Gasteiger partial charge in [0.05, 0.1) is 17.8 Å². The summed E-state index contributed by atoms with van der Waals surface area (Å²) in [7, 11) is 0. The van der Waals surface area contributed by atoms with Gasteiger partial charge in [-0.1, -0.05) is 77.3 Å². The number of hydrogen-bond acceptors (Lipinski definition) is 6. The average Bonchev–Trinajstić information content (AvgIpc) is 3.14. The number of carbonyl (C=O) groups excluding carboxylic acids is 1. The van der Waals surface area contributed by atoms with Gasteiger partial charge in [0.15, 0.2) is 5.75 Å². The van der Waals surface area contributed by atoms with Gasteiger partial charge in [0.1, 0.15) is 18.1 Å². The third-order valence-electron chi connectivity index (χ3n) is 8.52. The fraction of sp³-hybridized carbons (Fsp3) is 0.220. The molecule has 2 heterocycles. The second-order valence-electron chi connectivity index (χ2n) is 12.3. The molecule has 1 fully saturated rings. The molecule has 0 spiro atoms. The molecule has 0 aliphatic carbocycles. The number of hydrogen-bond donors (Lipinski definition) is 0. The Balaban J connectivity index is 0.935. The zero-order chi connectivity index (χ0) is 35.6. The summed E-state index contributed by atoms with van der Waals surface area (Å²) in [6, 6.07) is 30.8. The van der Waals surface area contributed by atoms with Crippen LogP contribution in [0.25, 0.3) is 6.08 Å². The highest BCUT2D eigenvalue weighted by Gasteiger charge is 2.20. The van der Waals surface area contributed by atoms with E-state index >= 15 is 0 Å². The molecule has 10 heteroatoms.